The molecule has 1 fully saturated rings. The van der Waals surface area contributed by atoms with E-state index in [-0.39, 0.29) is 17.3 Å². The molecule has 2 heterocycles. The van der Waals surface area contributed by atoms with Gasteiger partial charge < -0.3 is 23.9 Å². The number of imide groups is 1. The molecule has 3 aromatic rings. The zero-order chi connectivity index (χ0) is 27.2. The molecule has 1 aliphatic rings. The van der Waals surface area contributed by atoms with Gasteiger partial charge in [0.1, 0.15) is 18.9 Å². The summed E-state index contributed by atoms with van der Waals surface area (Å²) in [7, 11) is 2.73. The standard InChI is InChI=1S/C27H24N2O8S/c1-16-4-7-18(8-5-16)28-24(30)14-29-25(31)23(38-27(29)33)13-17-6-10-20(22(12-17)34-2)36-15-19-9-11-21(37-19)26(32)35-3/h4-13H,14-15H2,1-3H3,(H,28,30)/b23-13+. The number of carbonyl (C=O) groups excluding carboxylic acids is 4. The summed E-state index contributed by atoms with van der Waals surface area (Å²) in [5, 5.41) is 2.15. The molecule has 1 saturated heterocycles. The summed E-state index contributed by atoms with van der Waals surface area (Å²) in [5.74, 6) is -0.355. The largest absolute Gasteiger partial charge is 0.493 e. The summed E-state index contributed by atoms with van der Waals surface area (Å²) < 4.78 is 21.2. The van der Waals surface area contributed by atoms with Crippen molar-refractivity contribution in [3.05, 3.63) is 82.1 Å². The Morgan fingerprint density at radius 3 is 2.50 bits per heavy atom. The normalized spacial score (nSPS) is 14.1. The Bertz CT molecular complexity index is 1410. The Kier molecular flexibility index (Phi) is 8.17. The van der Waals surface area contributed by atoms with E-state index in [9.17, 15) is 19.2 Å². The van der Waals surface area contributed by atoms with Gasteiger partial charge in [-0.15, -0.1) is 0 Å². The fourth-order valence-electron chi connectivity index (χ4n) is 3.48. The van der Waals surface area contributed by atoms with Crippen LogP contribution in [-0.2, 0) is 20.9 Å². The molecule has 196 valence electrons. The number of esters is 1. The monoisotopic (exact) mass is 536 g/mol. The van der Waals surface area contributed by atoms with Gasteiger partial charge in [-0.3, -0.25) is 19.3 Å². The number of benzene rings is 2. The van der Waals surface area contributed by atoms with Crippen molar-refractivity contribution in [2.24, 2.45) is 0 Å². The Balaban J connectivity index is 1.40. The Morgan fingerprint density at radius 1 is 1.03 bits per heavy atom. The first-order valence-corrected chi connectivity index (χ1v) is 12.2. The van der Waals surface area contributed by atoms with Gasteiger partial charge in [0.05, 0.1) is 19.1 Å². The van der Waals surface area contributed by atoms with Crippen molar-refractivity contribution in [2.45, 2.75) is 13.5 Å². The third-order valence-electron chi connectivity index (χ3n) is 5.41. The Morgan fingerprint density at radius 2 is 1.79 bits per heavy atom. The first-order chi connectivity index (χ1) is 18.3. The van der Waals surface area contributed by atoms with Crippen LogP contribution in [0.5, 0.6) is 11.5 Å². The third kappa shape index (κ3) is 6.24. The Labute approximate surface area is 222 Å². The number of methoxy groups -OCH3 is 2. The number of thioether (sulfide) groups is 1. The summed E-state index contributed by atoms with van der Waals surface area (Å²) in [6.45, 7) is 1.57. The van der Waals surface area contributed by atoms with E-state index in [1.807, 2.05) is 19.1 Å². The molecule has 0 aliphatic carbocycles. The number of anilines is 1. The molecule has 11 heteroatoms. The van der Waals surface area contributed by atoms with Gasteiger partial charge in [-0.05, 0) is 66.7 Å². The molecule has 0 unspecified atom stereocenters. The first kappa shape index (κ1) is 26.6. The number of nitrogens with one attached hydrogen (secondary N) is 1. The number of nitrogens with zero attached hydrogens (tertiary/aromatic N) is 1. The second kappa shape index (κ2) is 11.7. The van der Waals surface area contributed by atoms with Crippen LogP contribution in [0.2, 0.25) is 0 Å². The highest BCUT2D eigenvalue weighted by molar-refractivity contribution is 8.18. The number of rotatable bonds is 9. The van der Waals surface area contributed by atoms with Crippen molar-refractivity contribution in [2.75, 3.05) is 26.1 Å². The fourth-order valence-corrected chi connectivity index (χ4v) is 4.31. The van der Waals surface area contributed by atoms with Crippen molar-refractivity contribution < 1.29 is 37.8 Å². The lowest BCUT2D eigenvalue weighted by molar-refractivity contribution is -0.127. The predicted octanol–water partition coefficient (Wildman–Crippen LogP) is 4.64. The van der Waals surface area contributed by atoms with Gasteiger partial charge in [-0.2, -0.15) is 0 Å². The van der Waals surface area contributed by atoms with Gasteiger partial charge in [0.15, 0.2) is 11.5 Å². The number of aryl methyl sites for hydroxylation is 1. The van der Waals surface area contributed by atoms with Crippen molar-refractivity contribution >= 4 is 46.5 Å². The van der Waals surface area contributed by atoms with Crippen LogP contribution >= 0.6 is 11.8 Å². The van der Waals surface area contributed by atoms with Crippen LogP contribution in [0.4, 0.5) is 10.5 Å². The van der Waals surface area contributed by atoms with Gasteiger partial charge in [-0.1, -0.05) is 23.8 Å². The van der Waals surface area contributed by atoms with E-state index >= 15 is 0 Å². The average Bonchev–Trinajstić information content (AvgIpc) is 3.49. The lowest BCUT2D eigenvalue weighted by Crippen LogP contribution is -2.36. The van der Waals surface area contributed by atoms with Crippen LogP contribution in [0.1, 0.15) is 27.4 Å². The number of carbonyl (C=O) groups is 4. The molecule has 0 atom stereocenters. The highest BCUT2D eigenvalue weighted by Crippen LogP contribution is 2.35. The molecular formula is C27H24N2O8S. The lowest BCUT2D eigenvalue weighted by atomic mass is 10.2. The molecular weight excluding hydrogens is 512 g/mol. The van der Waals surface area contributed by atoms with E-state index in [0.717, 1.165) is 22.2 Å². The molecule has 10 nitrogen and oxygen atoms in total. The van der Waals surface area contributed by atoms with Crippen LogP contribution in [0.15, 0.2) is 63.9 Å². The minimum absolute atomic E-state index is 0.0379. The highest BCUT2D eigenvalue weighted by atomic mass is 32.2. The topological polar surface area (TPSA) is 124 Å². The second-order valence-electron chi connectivity index (χ2n) is 8.14. The van der Waals surface area contributed by atoms with E-state index in [0.29, 0.717) is 28.5 Å². The van der Waals surface area contributed by atoms with E-state index in [1.165, 1.54) is 20.3 Å². The molecule has 1 N–H and O–H groups in total. The third-order valence-corrected chi connectivity index (χ3v) is 6.32. The summed E-state index contributed by atoms with van der Waals surface area (Å²) in [5.41, 5.74) is 2.21. The van der Waals surface area contributed by atoms with Crippen molar-refractivity contribution in [3.63, 3.8) is 0 Å². The maximum Gasteiger partial charge on any atom is 0.373 e. The summed E-state index contributed by atoms with van der Waals surface area (Å²) in [6, 6.07) is 15.3. The maximum atomic E-state index is 12.8. The van der Waals surface area contributed by atoms with Crippen LogP contribution in [0.3, 0.4) is 0 Å². The zero-order valence-electron chi connectivity index (χ0n) is 20.8. The molecule has 0 saturated carbocycles. The van der Waals surface area contributed by atoms with Gasteiger partial charge in [-0.25, -0.2) is 4.79 Å². The molecule has 1 aromatic heterocycles. The van der Waals surface area contributed by atoms with E-state index in [2.05, 4.69) is 10.1 Å². The molecule has 0 spiro atoms. The van der Waals surface area contributed by atoms with Crippen molar-refractivity contribution in [1.29, 1.82) is 0 Å². The molecule has 0 radical (unpaired) electrons. The maximum absolute atomic E-state index is 12.8. The molecule has 0 bridgehead atoms. The van der Waals surface area contributed by atoms with Gasteiger partial charge in [0.25, 0.3) is 11.1 Å². The summed E-state index contributed by atoms with van der Waals surface area (Å²) in [4.78, 5) is 50.3. The van der Waals surface area contributed by atoms with Crippen LogP contribution in [0, 0.1) is 6.92 Å². The van der Waals surface area contributed by atoms with Crippen molar-refractivity contribution in [1.82, 2.24) is 4.90 Å². The molecule has 2 aromatic carbocycles. The molecule has 38 heavy (non-hydrogen) atoms. The molecule has 4 rings (SSSR count). The van der Waals surface area contributed by atoms with Crippen molar-refractivity contribution in [3.8, 4) is 11.5 Å². The summed E-state index contributed by atoms with van der Waals surface area (Å²) >= 11 is 0.755. The minimum atomic E-state index is -0.588. The van der Waals surface area contributed by atoms with Gasteiger partial charge >= 0.3 is 5.97 Å². The second-order valence-corrected chi connectivity index (χ2v) is 9.13. The number of amides is 3. The average molecular weight is 537 g/mol. The van der Waals surface area contributed by atoms with E-state index in [1.54, 1.807) is 42.5 Å². The summed E-state index contributed by atoms with van der Waals surface area (Å²) in [6.07, 6.45) is 1.55. The smallest absolute Gasteiger partial charge is 0.373 e. The Hall–Kier alpha value is -4.51. The minimum Gasteiger partial charge on any atom is -0.493 e. The molecule has 3 amide bonds. The van der Waals surface area contributed by atoms with Crippen LogP contribution in [-0.4, -0.2) is 48.7 Å². The first-order valence-electron chi connectivity index (χ1n) is 11.4. The number of furan rings is 1. The number of ether oxygens (including phenoxy) is 3. The quantitative estimate of drug-likeness (QED) is 0.308. The zero-order valence-corrected chi connectivity index (χ0v) is 21.6. The SMILES string of the molecule is COC(=O)c1ccc(COc2ccc(/C=C3/SC(=O)N(CC(=O)Nc4ccc(C)cc4)C3=O)cc2OC)o1. The number of hydrogen-bond donors (Lipinski definition) is 1. The fraction of sp³-hybridized carbons (Fsp3) is 0.185. The van der Waals surface area contributed by atoms with E-state index in [4.69, 9.17) is 13.9 Å². The van der Waals surface area contributed by atoms with Crippen LogP contribution in [0.25, 0.3) is 6.08 Å². The number of hydrogen-bond acceptors (Lipinski definition) is 9. The van der Waals surface area contributed by atoms with Gasteiger partial charge in [0, 0.05) is 5.69 Å². The lowest BCUT2D eigenvalue weighted by Gasteiger charge is -2.12. The van der Waals surface area contributed by atoms with Gasteiger partial charge in [0.2, 0.25) is 11.7 Å². The highest BCUT2D eigenvalue weighted by Gasteiger charge is 2.36. The van der Waals surface area contributed by atoms with Crippen LogP contribution < -0.4 is 14.8 Å². The van der Waals surface area contributed by atoms with E-state index < -0.39 is 29.6 Å². The predicted molar refractivity (Wildman–Crippen MR) is 140 cm³/mol. The molecule has 1 aliphatic heterocycles.